The first-order valence-electron chi connectivity index (χ1n) is 2.69. The van der Waals surface area contributed by atoms with Crippen LogP contribution >= 0.6 is 50.5 Å². The first kappa shape index (κ1) is 11.7. The largest absolute Gasteiger partial charge is 0.302 e. The molecule has 0 saturated carbocycles. The Labute approximate surface area is 96.6 Å². The van der Waals surface area contributed by atoms with E-state index in [1.807, 2.05) is 0 Å². The molecule has 9 heteroatoms. The average molecular weight is 327 g/mol. The third-order valence-electron chi connectivity index (χ3n) is 1.12. The van der Waals surface area contributed by atoms with Gasteiger partial charge in [0, 0.05) is 0 Å². The predicted molar refractivity (Wildman–Crippen MR) is 54.1 cm³/mol. The van der Waals surface area contributed by atoms with E-state index in [9.17, 15) is 8.42 Å². The van der Waals surface area contributed by atoms with Crippen LogP contribution < -0.4 is 4.89 Å². The SMILES string of the molecule is O=S(=O)(NO)c1c(Cl)sc(Cl)c1Br. The van der Waals surface area contributed by atoms with Gasteiger partial charge >= 0.3 is 0 Å². The Morgan fingerprint density at radius 1 is 1.38 bits per heavy atom. The van der Waals surface area contributed by atoms with Crippen LogP contribution in [0.25, 0.3) is 0 Å². The van der Waals surface area contributed by atoms with Crippen LogP contribution in [0.2, 0.25) is 8.67 Å². The van der Waals surface area contributed by atoms with Gasteiger partial charge in [-0.05, 0) is 15.9 Å². The zero-order valence-electron chi connectivity index (χ0n) is 5.71. The summed E-state index contributed by atoms with van der Waals surface area (Å²) in [6.45, 7) is 0. The molecule has 13 heavy (non-hydrogen) atoms. The van der Waals surface area contributed by atoms with Crippen LogP contribution in [0.5, 0.6) is 0 Å². The summed E-state index contributed by atoms with van der Waals surface area (Å²) in [5, 5.41) is 8.35. The third kappa shape index (κ3) is 2.17. The molecule has 1 rings (SSSR count). The molecule has 0 fully saturated rings. The molecular formula is C4H2BrCl2NO3S2. The normalized spacial score (nSPS) is 12.0. The van der Waals surface area contributed by atoms with Gasteiger partial charge in [-0.15, -0.1) is 11.3 Å². The minimum Gasteiger partial charge on any atom is -0.302 e. The Hall–Kier alpha value is 0.630. The number of nitrogens with one attached hydrogen (secondary N) is 1. The lowest BCUT2D eigenvalue weighted by molar-refractivity contribution is 0.242. The highest BCUT2D eigenvalue weighted by atomic mass is 79.9. The smallest absolute Gasteiger partial charge is 0.265 e. The fraction of sp³-hybridized carbons (Fsp3) is 0. The molecule has 0 amide bonds. The first-order chi connectivity index (χ1) is 5.90. The van der Waals surface area contributed by atoms with Crippen molar-refractivity contribution in [2.45, 2.75) is 4.90 Å². The van der Waals surface area contributed by atoms with Crippen molar-refractivity contribution in [2.75, 3.05) is 0 Å². The predicted octanol–water partition coefficient (Wildman–Crippen LogP) is 2.48. The molecule has 1 aromatic heterocycles. The number of hydrogen-bond acceptors (Lipinski definition) is 4. The Morgan fingerprint density at radius 3 is 2.23 bits per heavy atom. The lowest BCUT2D eigenvalue weighted by atomic mass is 10.7. The molecule has 0 bridgehead atoms. The Balaban J connectivity index is 3.47. The van der Waals surface area contributed by atoms with Gasteiger partial charge in [0.25, 0.3) is 10.0 Å². The fourth-order valence-electron chi connectivity index (χ4n) is 0.615. The minimum absolute atomic E-state index is 0.0153. The number of sulfonamides is 1. The van der Waals surface area contributed by atoms with E-state index in [1.54, 1.807) is 0 Å². The molecule has 0 aliphatic rings. The van der Waals surface area contributed by atoms with Gasteiger partial charge in [0.15, 0.2) is 0 Å². The monoisotopic (exact) mass is 325 g/mol. The van der Waals surface area contributed by atoms with Crippen LogP contribution in [0, 0.1) is 0 Å². The fourth-order valence-corrected chi connectivity index (χ4v) is 4.77. The molecule has 0 aliphatic heterocycles. The average Bonchev–Trinajstić information content (AvgIpc) is 2.27. The van der Waals surface area contributed by atoms with Crippen molar-refractivity contribution < 1.29 is 13.6 Å². The van der Waals surface area contributed by atoms with Crippen molar-refractivity contribution >= 4 is 60.5 Å². The van der Waals surface area contributed by atoms with Gasteiger partial charge in [0.1, 0.15) is 13.6 Å². The van der Waals surface area contributed by atoms with Crippen molar-refractivity contribution in [1.82, 2.24) is 4.89 Å². The minimum atomic E-state index is -3.99. The van der Waals surface area contributed by atoms with Crippen LogP contribution in [-0.2, 0) is 10.0 Å². The van der Waals surface area contributed by atoms with E-state index in [1.165, 1.54) is 0 Å². The lowest BCUT2D eigenvalue weighted by Gasteiger charge is -1.99. The van der Waals surface area contributed by atoms with Crippen LogP contribution in [0.3, 0.4) is 0 Å². The summed E-state index contributed by atoms with van der Waals surface area (Å²) < 4.78 is 22.6. The van der Waals surface area contributed by atoms with Gasteiger partial charge in [-0.2, -0.15) is 0 Å². The molecular weight excluding hydrogens is 325 g/mol. The third-order valence-corrected chi connectivity index (χ3v) is 5.70. The number of hydrogen-bond donors (Lipinski definition) is 2. The van der Waals surface area contributed by atoms with E-state index in [-0.39, 0.29) is 18.0 Å². The molecule has 0 atom stereocenters. The van der Waals surface area contributed by atoms with E-state index < -0.39 is 10.0 Å². The molecule has 1 aromatic rings. The van der Waals surface area contributed by atoms with E-state index in [2.05, 4.69) is 15.9 Å². The van der Waals surface area contributed by atoms with Gasteiger partial charge in [-0.25, -0.2) is 8.42 Å². The standard InChI is InChI=1S/C4H2BrCl2NO3S2/c5-1-2(13(10,11)8-9)4(7)12-3(1)6/h8-9H. The number of thiophene rings is 1. The van der Waals surface area contributed by atoms with Crippen LogP contribution in [0.15, 0.2) is 9.37 Å². The van der Waals surface area contributed by atoms with Crippen LogP contribution in [0.4, 0.5) is 0 Å². The van der Waals surface area contributed by atoms with E-state index >= 15 is 0 Å². The summed E-state index contributed by atoms with van der Waals surface area (Å²) in [6, 6.07) is 0. The second kappa shape index (κ2) is 4.01. The molecule has 0 spiro atoms. The molecule has 0 radical (unpaired) electrons. The zero-order valence-corrected chi connectivity index (χ0v) is 10.4. The van der Waals surface area contributed by atoms with Crippen molar-refractivity contribution in [2.24, 2.45) is 0 Å². The van der Waals surface area contributed by atoms with Crippen molar-refractivity contribution in [3.63, 3.8) is 0 Å². The summed E-state index contributed by atoms with van der Waals surface area (Å²) in [5.41, 5.74) is 0. The Morgan fingerprint density at radius 2 is 1.92 bits per heavy atom. The summed E-state index contributed by atoms with van der Waals surface area (Å²) in [7, 11) is -3.99. The van der Waals surface area contributed by atoms with Crippen LogP contribution in [-0.4, -0.2) is 13.6 Å². The molecule has 0 aliphatic carbocycles. The highest BCUT2D eigenvalue weighted by Gasteiger charge is 2.25. The van der Waals surface area contributed by atoms with Gasteiger partial charge < -0.3 is 5.21 Å². The van der Waals surface area contributed by atoms with E-state index in [0.717, 1.165) is 16.2 Å². The van der Waals surface area contributed by atoms with Crippen LogP contribution in [0.1, 0.15) is 0 Å². The van der Waals surface area contributed by atoms with Gasteiger partial charge in [-0.3, -0.25) is 0 Å². The molecule has 4 nitrogen and oxygen atoms in total. The van der Waals surface area contributed by atoms with Gasteiger partial charge in [0.2, 0.25) is 0 Å². The summed E-state index contributed by atoms with van der Waals surface area (Å²) >= 11 is 15.0. The highest BCUT2D eigenvalue weighted by molar-refractivity contribution is 9.10. The molecule has 0 saturated heterocycles. The molecule has 2 N–H and O–H groups in total. The number of halogens is 3. The highest BCUT2D eigenvalue weighted by Crippen LogP contribution is 2.42. The summed E-state index contributed by atoms with van der Waals surface area (Å²) in [4.78, 5) is 0.901. The molecule has 74 valence electrons. The van der Waals surface area contributed by atoms with Gasteiger partial charge in [-0.1, -0.05) is 28.1 Å². The zero-order chi connectivity index (χ0) is 10.2. The Kier molecular flexibility index (Phi) is 3.61. The van der Waals surface area contributed by atoms with E-state index in [4.69, 9.17) is 28.4 Å². The first-order valence-corrected chi connectivity index (χ1v) is 6.54. The molecule has 0 aromatic carbocycles. The van der Waals surface area contributed by atoms with E-state index in [0.29, 0.717) is 0 Å². The topological polar surface area (TPSA) is 66.4 Å². The maximum absolute atomic E-state index is 11.1. The molecule has 0 unspecified atom stereocenters. The summed E-state index contributed by atoms with van der Waals surface area (Å²) in [6.07, 6.45) is 0. The maximum Gasteiger partial charge on any atom is 0.265 e. The lowest BCUT2D eigenvalue weighted by Crippen LogP contribution is -2.19. The molecule has 1 heterocycles. The van der Waals surface area contributed by atoms with Gasteiger partial charge in [0.05, 0.1) is 4.47 Å². The van der Waals surface area contributed by atoms with Crippen molar-refractivity contribution in [3.05, 3.63) is 13.1 Å². The quantitative estimate of drug-likeness (QED) is 0.820. The second-order valence-electron chi connectivity index (χ2n) is 1.89. The second-order valence-corrected chi connectivity index (χ2v) is 6.50. The maximum atomic E-state index is 11.1. The summed E-state index contributed by atoms with van der Waals surface area (Å²) in [5.74, 6) is 0. The van der Waals surface area contributed by atoms with Crippen molar-refractivity contribution in [1.29, 1.82) is 0 Å². The number of rotatable bonds is 2. The Bertz CT molecular complexity index is 429. The van der Waals surface area contributed by atoms with Crippen molar-refractivity contribution in [3.8, 4) is 0 Å².